The Labute approximate surface area is 113 Å². The number of hydrogen-bond donors (Lipinski definition) is 1. The summed E-state index contributed by atoms with van der Waals surface area (Å²) in [5, 5.41) is 0. The van der Waals surface area contributed by atoms with Crippen LogP contribution in [0.15, 0.2) is 48.7 Å². The fourth-order valence-corrected chi connectivity index (χ4v) is 3.15. The van der Waals surface area contributed by atoms with E-state index >= 15 is 0 Å². The average molecular weight is 276 g/mol. The molecule has 0 radical (unpaired) electrons. The quantitative estimate of drug-likeness (QED) is 0.904. The number of hydrogen-bond acceptors (Lipinski definition) is 4. The Hall–Kier alpha value is -1.88. The van der Waals surface area contributed by atoms with Gasteiger partial charge in [0.05, 0.1) is 11.5 Å². The number of anilines is 1. The van der Waals surface area contributed by atoms with Gasteiger partial charge in [0.1, 0.15) is 5.82 Å². The Morgan fingerprint density at radius 2 is 1.74 bits per heavy atom. The molecule has 2 aromatic rings. The summed E-state index contributed by atoms with van der Waals surface area (Å²) in [6.07, 6.45) is 2.08. The van der Waals surface area contributed by atoms with Crippen molar-refractivity contribution < 1.29 is 8.42 Å². The average Bonchev–Trinajstić information content (AvgIpc) is 2.39. The summed E-state index contributed by atoms with van der Waals surface area (Å²) in [7, 11) is -3.10. The van der Waals surface area contributed by atoms with Crippen molar-refractivity contribution in [3.63, 3.8) is 0 Å². The van der Waals surface area contributed by atoms with Crippen LogP contribution in [0.5, 0.6) is 0 Å². The van der Waals surface area contributed by atoms with Crippen LogP contribution in [0.2, 0.25) is 0 Å². The number of nitrogens with two attached hydrogens (primary N) is 1. The molecule has 0 atom stereocenters. The summed E-state index contributed by atoms with van der Waals surface area (Å²) in [5.41, 5.74) is 7.18. The summed E-state index contributed by atoms with van der Waals surface area (Å²) in [6.45, 7) is 0. The molecule has 0 bridgehead atoms. The van der Waals surface area contributed by atoms with Gasteiger partial charge >= 0.3 is 0 Å². The van der Waals surface area contributed by atoms with Gasteiger partial charge in [-0.15, -0.1) is 0 Å². The first-order valence-corrected chi connectivity index (χ1v) is 7.82. The van der Waals surface area contributed by atoms with E-state index in [0.29, 0.717) is 12.2 Å². The van der Waals surface area contributed by atoms with Crippen LogP contribution in [0, 0.1) is 0 Å². The number of benzene rings is 1. The van der Waals surface area contributed by atoms with E-state index in [2.05, 4.69) is 4.98 Å². The first-order chi connectivity index (χ1) is 9.05. The highest BCUT2D eigenvalue weighted by atomic mass is 32.2. The summed E-state index contributed by atoms with van der Waals surface area (Å²) in [6, 6.07) is 12.7. The second-order valence-electron chi connectivity index (χ2n) is 4.42. The van der Waals surface area contributed by atoms with Crippen LogP contribution in [0.25, 0.3) is 0 Å². The smallest absolute Gasteiger partial charge is 0.154 e. The number of sulfone groups is 1. The SMILES string of the molecule is Nc1ccc(CCS(=O)(=O)Cc2ccccc2)cn1. The van der Waals surface area contributed by atoms with Gasteiger partial charge in [0.2, 0.25) is 0 Å². The van der Waals surface area contributed by atoms with Crippen LogP contribution in [-0.4, -0.2) is 19.2 Å². The molecular formula is C14H16N2O2S. The van der Waals surface area contributed by atoms with E-state index in [1.165, 1.54) is 0 Å². The Kier molecular flexibility index (Phi) is 4.16. The summed E-state index contributed by atoms with van der Waals surface area (Å²) in [5.74, 6) is 0.639. The molecule has 1 aromatic heterocycles. The molecule has 0 saturated heterocycles. The predicted molar refractivity (Wildman–Crippen MR) is 76.3 cm³/mol. The summed E-state index contributed by atoms with van der Waals surface area (Å²) < 4.78 is 24.0. The van der Waals surface area contributed by atoms with Gasteiger partial charge in [-0.05, 0) is 23.6 Å². The van der Waals surface area contributed by atoms with Crippen molar-refractivity contribution in [2.75, 3.05) is 11.5 Å². The lowest BCUT2D eigenvalue weighted by Gasteiger charge is -2.05. The van der Waals surface area contributed by atoms with Crippen molar-refractivity contribution in [3.05, 3.63) is 59.8 Å². The van der Waals surface area contributed by atoms with Gasteiger partial charge in [-0.2, -0.15) is 0 Å². The van der Waals surface area contributed by atoms with Gasteiger partial charge in [-0.25, -0.2) is 13.4 Å². The third-order valence-corrected chi connectivity index (χ3v) is 4.38. The van der Waals surface area contributed by atoms with Gasteiger partial charge in [-0.3, -0.25) is 0 Å². The van der Waals surface area contributed by atoms with E-state index in [0.717, 1.165) is 11.1 Å². The Bertz CT molecular complexity index is 622. The largest absolute Gasteiger partial charge is 0.384 e. The molecule has 0 saturated carbocycles. The van der Waals surface area contributed by atoms with E-state index in [9.17, 15) is 8.42 Å². The molecule has 0 unspecified atom stereocenters. The number of pyridine rings is 1. The van der Waals surface area contributed by atoms with Crippen molar-refractivity contribution >= 4 is 15.7 Å². The van der Waals surface area contributed by atoms with Crippen LogP contribution in [-0.2, 0) is 22.0 Å². The van der Waals surface area contributed by atoms with E-state index in [1.807, 2.05) is 30.3 Å². The van der Waals surface area contributed by atoms with Crippen LogP contribution < -0.4 is 5.73 Å². The van der Waals surface area contributed by atoms with Crippen molar-refractivity contribution in [3.8, 4) is 0 Å². The molecule has 1 heterocycles. The van der Waals surface area contributed by atoms with Crippen molar-refractivity contribution in [2.45, 2.75) is 12.2 Å². The number of aryl methyl sites for hydroxylation is 1. The minimum absolute atomic E-state index is 0.0796. The maximum absolute atomic E-state index is 12.0. The molecule has 2 N–H and O–H groups in total. The Balaban J connectivity index is 1.96. The van der Waals surface area contributed by atoms with E-state index < -0.39 is 9.84 Å². The fourth-order valence-electron chi connectivity index (χ4n) is 1.76. The Morgan fingerprint density at radius 1 is 1.00 bits per heavy atom. The van der Waals surface area contributed by atoms with Gasteiger partial charge in [0.25, 0.3) is 0 Å². The summed E-state index contributed by atoms with van der Waals surface area (Å²) >= 11 is 0. The van der Waals surface area contributed by atoms with E-state index in [4.69, 9.17) is 5.73 Å². The standard InChI is InChI=1S/C14H16N2O2S/c15-14-7-6-12(10-16-14)8-9-19(17,18)11-13-4-2-1-3-5-13/h1-7,10H,8-9,11H2,(H2,15,16). The van der Waals surface area contributed by atoms with Crippen molar-refractivity contribution in [1.29, 1.82) is 0 Å². The fraction of sp³-hybridized carbons (Fsp3) is 0.214. The third kappa shape index (κ3) is 4.37. The molecule has 0 aliphatic rings. The van der Waals surface area contributed by atoms with Gasteiger partial charge < -0.3 is 5.73 Å². The highest BCUT2D eigenvalue weighted by Gasteiger charge is 2.12. The second-order valence-corrected chi connectivity index (χ2v) is 6.60. The van der Waals surface area contributed by atoms with Crippen LogP contribution >= 0.6 is 0 Å². The first-order valence-electron chi connectivity index (χ1n) is 6.00. The van der Waals surface area contributed by atoms with Crippen LogP contribution in [0.1, 0.15) is 11.1 Å². The van der Waals surface area contributed by atoms with Crippen molar-refractivity contribution in [1.82, 2.24) is 4.98 Å². The maximum Gasteiger partial charge on any atom is 0.154 e. The minimum atomic E-state index is -3.10. The highest BCUT2D eigenvalue weighted by molar-refractivity contribution is 7.90. The molecule has 0 fully saturated rings. The lowest BCUT2D eigenvalue weighted by molar-refractivity contribution is 0.594. The molecule has 100 valence electrons. The monoisotopic (exact) mass is 276 g/mol. The molecule has 2 rings (SSSR count). The van der Waals surface area contributed by atoms with Gasteiger partial charge in [-0.1, -0.05) is 36.4 Å². The van der Waals surface area contributed by atoms with Gasteiger partial charge in [0.15, 0.2) is 9.84 Å². The molecule has 1 aromatic carbocycles. The van der Waals surface area contributed by atoms with Crippen molar-refractivity contribution in [2.24, 2.45) is 0 Å². The van der Waals surface area contributed by atoms with Gasteiger partial charge in [0, 0.05) is 6.20 Å². The molecule has 0 aliphatic heterocycles. The zero-order valence-electron chi connectivity index (χ0n) is 10.5. The minimum Gasteiger partial charge on any atom is -0.384 e. The highest BCUT2D eigenvalue weighted by Crippen LogP contribution is 2.09. The molecule has 19 heavy (non-hydrogen) atoms. The van der Waals surface area contributed by atoms with E-state index in [-0.39, 0.29) is 11.5 Å². The molecule has 0 aliphatic carbocycles. The topological polar surface area (TPSA) is 73.1 Å². The molecule has 5 heteroatoms. The lowest BCUT2D eigenvalue weighted by Crippen LogP contribution is -2.11. The zero-order valence-corrected chi connectivity index (χ0v) is 11.3. The molecule has 0 spiro atoms. The molecule has 0 amide bonds. The maximum atomic E-state index is 12.0. The normalized spacial score (nSPS) is 11.4. The number of nitrogens with zero attached hydrogens (tertiary/aromatic N) is 1. The predicted octanol–water partition coefficient (Wildman–Crippen LogP) is 1.82. The van der Waals surface area contributed by atoms with E-state index in [1.54, 1.807) is 18.3 Å². The second kappa shape index (κ2) is 5.84. The summed E-state index contributed by atoms with van der Waals surface area (Å²) in [4.78, 5) is 3.95. The molecule has 4 nitrogen and oxygen atoms in total. The number of nitrogen functional groups attached to an aromatic ring is 1. The Morgan fingerprint density at radius 3 is 2.37 bits per heavy atom. The van der Waals surface area contributed by atoms with Crippen LogP contribution in [0.3, 0.4) is 0 Å². The number of rotatable bonds is 5. The first kappa shape index (κ1) is 13.5. The molecular weight excluding hydrogens is 260 g/mol. The third-order valence-electron chi connectivity index (χ3n) is 2.78. The zero-order chi connectivity index (χ0) is 13.7. The number of aromatic nitrogens is 1. The lowest BCUT2D eigenvalue weighted by atomic mass is 10.2. The van der Waals surface area contributed by atoms with Crippen LogP contribution in [0.4, 0.5) is 5.82 Å².